The number of alkyl halides is 3. The van der Waals surface area contributed by atoms with Gasteiger partial charge in [0.05, 0.1) is 10.6 Å². The van der Waals surface area contributed by atoms with E-state index < -0.39 is 33.6 Å². The number of hydrogen-bond acceptors (Lipinski definition) is 5. The number of hydrogen-bond donors (Lipinski definition) is 0. The van der Waals surface area contributed by atoms with Crippen molar-refractivity contribution in [3.63, 3.8) is 0 Å². The Morgan fingerprint density at radius 2 is 1.85 bits per heavy atom. The Kier molecular flexibility index (Phi) is 8.01. The molecule has 1 aliphatic heterocycles. The fraction of sp³-hybridized carbons (Fsp3) is 0.455. The highest BCUT2D eigenvalue weighted by Crippen LogP contribution is 2.38. The predicted molar refractivity (Wildman–Crippen MR) is 122 cm³/mol. The van der Waals surface area contributed by atoms with Crippen molar-refractivity contribution in [2.45, 2.75) is 24.0 Å². The molecule has 6 nitrogen and oxygen atoms in total. The number of sulfonamides is 1. The van der Waals surface area contributed by atoms with Crippen molar-refractivity contribution < 1.29 is 30.7 Å². The lowest BCUT2D eigenvalue weighted by Gasteiger charge is -2.40. The van der Waals surface area contributed by atoms with Gasteiger partial charge >= 0.3 is 6.18 Å². The molecule has 1 heterocycles. The average molecular weight is 524 g/mol. The summed E-state index contributed by atoms with van der Waals surface area (Å²) in [7, 11) is -0.223. The highest BCUT2D eigenvalue weighted by Gasteiger charge is 2.39. The van der Waals surface area contributed by atoms with Gasteiger partial charge in [0, 0.05) is 44.0 Å². The molecule has 0 aliphatic carbocycles. The molecule has 2 aromatic carbocycles. The number of piperazine rings is 1. The molecule has 2 aromatic rings. The number of halogens is 5. The van der Waals surface area contributed by atoms with Gasteiger partial charge in [-0.15, -0.1) is 0 Å². The van der Waals surface area contributed by atoms with Crippen LogP contribution in [0.15, 0.2) is 41.3 Å². The van der Waals surface area contributed by atoms with Gasteiger partial charge < -0.3 is 14.5 Å². The first-order chi connectivity index (χ1) is 15.8. The predicted octanol–water partition coefficient (Wildman–Crippen LogP) is 4.34. The third kappa shape index (κ3) is 5.94. The lowest BCUT2D eigenvalue weighted by molar-refractivity contribution is -0.137. The molecule has 0 N–H and O–H groups in total. The van der Waals surface area contributed by atoms with Gasteiger partial charge in [-0.2, -0.15) is 17.5 Å². The van der Waals surface area contributed by atoms with E-state index >= 15 is 0 Å². The summed E-state index contributed by atoms with van der Waals surface area (Å²) in [6.45, 7) is 2.61. The molecular formula is C22H26ClF4N3O3S. The molecule has 1 fully saturated rings. The van der Waals surface area contributed by atoms with Gasteiger partial charge in [-0.25, -0.2) is 12.8 Å². The maximum absolute atomic E-state index is 13.5. The third-order valence-electron chi connectivity index (χ3n) is 5.47. The number of benzene rings is 2. The van der Waals surface area contributed by atoms with Crippen molar-refractivity contribution in [2.24, 2.45) is 0 Å². The Bertz CT molecular complexity index is 1130. The smallest absolute Gasteiger partial charge is 0.418 e. The van der Waals surface area contributed by atoms with Crippen LogP contribution in [0.5, 0.6) is 5.75 Å². The molecule has 0 radical (unpaired) electrons. The Morgan fingerprint density at radius 3 is 2.44 bits per heavy atom. The number of ether oxygens (including phenoxy) is 1. The van der Waals surface area contributed by atoms with Crippen molar-refractivity contribution in [1.82, 2.24) is 9.21 Å². The van der Waals surface area contributed by atoms with Gasteiger partial charge in [0.1, 0.15) is 23.1 Å². The monoisotopic (exact) mass is 523 g/mol. The van der Waals surface area contributed by atoms with Gasteiger partial charge in [0.15, 0.2) is 0 Å². The van der Waals surface area contributed by atoms with Crippen LogP contribution in [0.1, 0.15) is 12.5 Å². The lowest BCUT2D eigenvalue weighted by Crippen LogP contribution is -2.54. The van der Waals surface area contributed by atoms with Gasteiger partial charge in [-0.1, -0.05) is 11.6 Å². The molecule has 0 amide bonds. The van der Waals surface area contributed by atoms with Gasteiger partial charge in [0.25, 0.3) is 0 Å². The molecule has 1 aliphatic rings. The molecule has 0 unspecified atom stereocenters. The second kappa shape index (κ2) is 10.3. The van der Waals surface area contributed by atoms with E-state index in [0.29, 0.717) is 25.0 Å². The van der Waals surface area contributed by atoms with Crippen molar-refractivity contribution in [2.75, 3.05) is 51.8 Å². The molecule has 188 valence electrons. The van der Waals surface area contributed by atoms with Crippen LogP contribution in [-0.2, 0) is 16.2 Å². The zero-order chi connectivity index (χ0) is 25.3. The van der Waals surface area contributed by atoms with E-state index in [2.05, 4.69) is 0 Å². The molecular weight excluding hydrogens is 498 g/mol. The number of nitrogens with zero attached hydrogens (tertiary/aromatic N) is 3. The van der Waals surface area contributed by atoms with Crippen LogP contribution in [0, 0.1) is 5.82 Å². The van der Waals surface area contributed by atoms with Crippen LogP contribution < -0.4 is 9.64 Å². The molecule has 0 spiro atoms. The van der Waals surface area contributed by atoms with Crippen LogP contribution in [0.2, 0.25) is 5.02 Å². The van der Waals surface area contributed by atoms with Crippen LogP contribution in [0.25, 0.3) is 0 Å². The number of rotatable bonds is 7. The SMILES string of the molecule is C[C@@H]1CN(c2ccc(F)cc2C(F)(F)F)CCN1S(=O)(=O)c1ccc(OCCN(C)C)cc1Cl. The van der Waals surface area contributed by atoms with E-state index in [0.717, 1.165) is 12.1 Å². The van der Waals surface area contributed by atoms with Crippen molar-refractivity contribution in [3.8, 4) is 5.75 Å². The number of anilines is 1. The van der Waals surface area contributed by atoms with Gasteiger partial charge in [-0.3, -0.25) is 0 Å². The Balaban J connectivity index is 1.78. The highest BCUT2D eigenvalue weighted by atomic mass is 35.5. The van der Waals surface area contributed by atoms with E-state index in [1.165, 1.54) is 27.4 Å². The van der Waals surface area contributed by atoms with Crippen molar-refractivity contribution in [3.05, 3.63) is 52.8 Å². The van der Waals surface area contributed by atoms with E-state index in [9.17, 15) is 26.0 Å². The summed E-state index contributed by atoms with van der Waals surface area (Å²) in [5.74, 6) is -0.561. The summed E-state index contributed by atoms with van der Waals surface area (Å²) in [5, 5.41) is -0.00475. The van der Waals surface area contributed by atoms with E-state index in [1.807, 2.05) is 19.0 Å². The maximum Gasteiger partial charge on any atom is 0.418 e. The molecule has 0 aromatic heterocycles. The zero-order valence-corrected chi connectivity index (χ0v) is 20.5. The summed E-state index contributed by atoms with van der Waals surface area (Å²) < 4.78 is 87.2. The molecule has 12 heteroatoms. The Labute approximate surface area is 201 Å². The minimum absolute atomic E-state index is 0.00162. The van der Waals surface area contributed by atoms with E-state index in [4.69, 9.17) is 16.3 Å². The minimum Gasteiger partial charge on any atom is -0.492 e. The molecule has 3 rings (SSSR count). The van der Waals surface area contributed by atoms with Crippen LogP contribution >= 0.6 is 11.6 Å². The highest BCUT2D eigenvalue weighted by molar-refractivity contribution is 7.89. The second-order valence-electron chi connectivity index (χ2n) is 8.31. The second-order valence-corrected chi connectivity index (χ2v) is 10.6. The zero-order valence-electron chi connectivity index (χ0n) is 18.9. The average Bonchev–Trinajstić information content (AvgIpc) is 2.72. The van der Waals surface area contributed by atoms with Gasteiger partial charge in [-0.05, 0) is 51.4 Å². The molecule has 0 bridgehead atoms. The minimum atomic E-state index is -4.74. The fourth-order valence-corrected chi connectivity index (χ4v) is 5.90. The lowest BCUT2D eigenvalue weighted by atomic mass is 10.1. The molecule has 1 saturated heterocycles. The standard InChI is InChI=1S/C22H26ClF4N3O3S/c1-15-14-29(20-6-4-16(24)12-18(20)22(25,26)27)8-9-30(15)34(31,32)21-7-5-17(13-19(21)23)33-11-10-28(2)3/h4-7,12-13,15H,8-11,14H2,1-3H3/t15-/m1/s1. The fourth-order valence-electron chi connectivity index (χ4n) is 3.78. The van der Waals surface area contributed by atoms with Crippen LogP contribution in [-0.4, -0.2) is 70.5 Å². The molecule has 0 saturated carbocycles. The van der Waals surface area contributed by atoms with E-state index in [-0.39, 0.29) is 35.2 Å². The van der Waals surface area contributed by atoms with Crippen molar-refractivity contribution >= 4 is 27.3 Å². The summed E-state index contributed by atoms with van der Waals surface area (Å²) >= 11 is 6.27. The normalized spacial score (nSPS) is 17.9. The topological polar surface area (TPSA) is 53.1 Å². The first kappa shape index (κ1) is 26.5. The molecule has 1 atom stereocenters. The summed E-state index contributed by atoms with van der Waals surface area (Å²) in [6.07, 6.45) is -4.74. The Morgan fingerprint density at radius 1 is 1.15 bits per heavy atom. The summed E-state index contributed by atoms with van der Waals surface area (Å²) in [5.41, 5.74) is -1.28. The van der Waals surface area contributed by atoms with Crippen LogP contribution in [0.4, 0.5) is 23.2 Å². The van der Waals surface area contributed by atoms with Gasteiger partial charge in [0.2, 0.25) is 10.0 Å². The van der Waals surface area contributed by atoms with Crippen molar-refractivity contribution in [1.29, 1.82) is 0 Å². The summed E-state index contributed by atoms with van der Waals surface area (Å²) in [6, 6.07) is 6.13. The third-order valence-corrected chi connectivity index (χ3v) is 7.96. The number of likely N-dealkylation sites (N-methyl/N-ethyl adjacent to an activating group) is 1. The largest absolute Gasteiger partial charge is 0.492 e. The maximum atomic E-state index is 13.5. The molecule has 34 heavy (non-hydrogen) atoms. The van der Waals surface area contributed by atoms with E-state index in [1.54, 1.807) is 6.92 Å². The first-order valence-electron chi connectivity index (χ1n) is 10.5. The summed E-state index contributed by atoms with van der Waals surface area (Å²) in [4.78, 5) is 3.25. The quantitative estimate of drug-likeness (QED) is 0.505. The first-order valence-corrected chi connectivity index (χ1v) is 12.3. The Hall–Kier alpha value is -2.08. The van der Waals surface area contributed by atoms with Crippen LogP contribution in [0.3, 0.4) is 0 Å².